The lowest BCUT2D eigenvalue weighted by Crippen LogP contribution is -2.43. The fraction of sp³-hybridized carbons (Fsp3) is 0.643. The van der Waals surface area contributed by atoms with Crippen LogP contribution in [0.2, 0.25) is 0 Å². The molecule has 4 nitrogen and oxygen atoms in total. The van der Waals surface area contributed by atoms with Crippen LogP contribution in [0.4, 0.5) is 0 Å². The van der Waals surface area contributed by atoms with E-state index in [1.165, 1.54) is 12.8 Å². The minimum absolute atomic E-state index is 0.303. The van der Waals surface area contributed by atoms with Crippen LogP contribution in [0.3, 0.4) is 0 Å². The molecule has 0 amide bonds. The summed E-state index contributed by atoms with van der Waals surface area (Å²) in [5.74, 6) is 0. The minimum atomic E-state index is -0.303. The van der Waals surface area contributed by atoms with Crippen molar-refractivity contribution in [1.29, 1.82) is 5.26 Å². The van der Waals surface area contributed by atoms with E-state index in [2.05, 4.69) is 21.4 Å². The lowest BCUT2D eigenvalue weighted by molar-refractivity contribution is 0.420. The first-order valence-electron chi connectivity index (χ1n) is 6.84. The molecule has 2 unspecified atom stereocenters. The summed E-state index contributed by atoms with van der Waals surface area (Å²) in [6.45, 7) is 1.98. The molecule has 2 aliphatic rings. The molecule has 2 saturated carbocycles. The third-order valence-corrected chi connectivity index (χ3v) is 4.93. The van der Waals surface area contributed by atoms with E-state index >= 15 is 0 Å². The zero-order valence-corrected chi connectivity index (χ0v) is 11.9. The van der Waals surface area contributed by atoms with Crippen LogP contribution in [0.25, 0.3) is 0 Å². The molecule has 100 valence electrons. The molecule has 0 aliphatic heterocycles. The SMILES string of the molecule is Cc1ccnc(SC2CCC(C#N)(NC3CC3)C2)n1. The number of nitriles is 1. The normalized spacial score (nSPS) is 30.2. The summed E-state index contributed by atoms with van der Waals surface area (Å²) in [5, 5.41) is 14.3. The standard InChI is InChI=1S/C14H18N4S/c1-10-5-7-16-13(17-10)19-12-4-6-14(8-12,9-15)18-11-2-3-11/h5,7,11-12,18H,2-4,6,8H2,1H3. The summed E-state index contributed by atoms with van der Waals surface area (Å²) in [5.41, 5.74) is 0.695. The second-order valence-electron chi connectivity index (χ2n) is 5.58. The Morgan fingerprint density at radius 2 is 2.32 bits per heavy atom. The highest BCUT2D eigenvalue weighted by atomic mass is 32.2. The number of thioether (sulfide) groups is 1. The lowest BCUT2D eigenvalue weighted by Gasteiger charge is -2.22. The average Bonchev–Trinajstić information content (AvgIpc) is 3.11. The van der Waals surface area contributed by atoms with Crippen LogP contribution < -0.4 is 5.32 Å². The third kappa shape index (κ3) is 3.07. The van der Waals surface area contributed by atoms with Gasteiger partial charge in [0.05, 0.1) is 6.07 Å². The van der Waals surface area contributed by atoms with E-state index in [0.717, 1.165) is 30.1 Å². The van der Waals surface area contributed by atoms with Gasteiger partial charge in [-0.15, -0.1) is 0 Å². The molecule has 2 fully saturated rings. The number of rotatable bonds is 4. The largest absolute Gasteiger partial charge is 0.297 e. The van der Waals surface area contributed by atoms with Gasteiger partial charge in [0.25, 0.3) is 0 Å². The number of aryl methyl sites for hydroxylation is 1. The molecule has 0 spiro atoms. The van der Waals surface area contributed by atoms with E-state index in [-0.39, 0.29) is 5.54 Å². The topological polar surface area (TPSA) is 61.6 Å². The number of nitrogens with zero attached hydrogens (tertiary/aromatic N) is 3. The number of hydrogen-bond acceptors (Lipinski definition) is 5. The molecule has 5 heteroatoms. The highest BCUT2D eigenvalue weighted by Gasteiger charge is 2.43. The van der Waals surface area contributed by atoms with Gasteiger partial charge in [-0.25, -0.2) is 9.97 Å². The first kappa shape index (κ1) is 12.9. The Labute approximate surface area is 118 Å². The maximum absolute atomic E-state index is 9.47. The molecule has 0 bridgehead atoms. The Hall–Kier alpha value is -1.12. The molecule has 2 atom stereocenters. The Bertz CT molecular complexity index is 508. The van der Waals surface area contributed by atoms with Crippen molar-refractivity contribution >= 4 is 11.8 Å². The second-order valence-corrected chi connectivity index (χ2v) is 6.84. The van der Waals surface area contributed by atoms with Gasteiger partial charge >= 0.3 is 0 Å². The molecule has 19 heavy (non-hydrogen) atoms. The van der Waals surface area contributed by atoms with Crippen LogP contribution in [0.15, 0.2) is 17.4 Å². The maximum atomic E-state index is 9.47. The van der Waals surface area contributed by atoms with Crippen molar-refractivity contribution in [2.45, 2.75) is 61.0 Å². The number of hydrogen-bond donors (Lipinski definition) is 1. The van der Waals surface area contributed by atoms with E-state index in [1.807, 2.05) is 13.0 Å². The van der Waals surface area contributed by atoms with Crippen LogP contribution in [0.5, 0.6) is 0 Å². The van der Waals surface area contributed by atoms with Crippen molar-refractivity contribution in [1.82, 2.24) is 15.3 Å². The van der Waals surface area contributed by atoms with Gasteiger partial charge in [-0.3, -0.25) is 5.32 Å². The molecular formula is C14H18N4S. The van der Waals surface area contributed by atoms with Crippen LogP contribution in [-0.4, -0.2) is 26.8 Å². The summed E-state index contributed by atoms with van der Waals surface area (Å²) >= 11 is 1.72. The van der Waals surface area contributed by atoms with Crippen molar-refractivity contribution in [3.8, 4) is 6.07 Å². The van der Waals surface area contributed by atoms with Crippen molar-refractivity contribution in [3.63, 3.8) is 0 Å². The molecule has 3 rings (SSSR count). The highest BCUT2D eigenvalue weighted by molar-refractivity contribution is 7.99. The van der Waals surface area contributed by atoms with Gasteiger partial charge in [0.15, 0.2) is 5.16 Å². The number of aromatic nitrogens is 2. The molecule has 1 aromatic heterocycles. The van der Waals surface area contributed by atoms with Crippen LogP contribution >= 0.6 is 11.8 Å². The van der Waals surface area contributed by atoms with E-state index in [0.29, 0.717) is 11.3 Å². The van der Waals surface area contributed by atoms with Gasteiger partial charge in [0, 0.05) is 23.2 Å². The van der Waals surface area contributed by atoms with Crippen molar-refractivity contribution in [2.24, 2.45) is 0 Å². The van der Waals surface area contributed by atoms with Gasteiger partial charge in [0.2, 0.25) is 0 Å². The summed E-state index contributed by atoms with van der Waals surface area (Å²) in [4.78, 5) is 8.73. The molecule has 1 aromatic rings. The van der Waals surface area contributed by atoms with E-state index in [1.54, 1.807) is 18.0 Å². The Morgan fingerprint density at radius 1 is 1.47 bits per heavy atom. The lowest BCUT2D eigenvalue weighted by atomic mass is 10.00. The highest BCUT2D eigenvalue weighted by Crippen LogP contribution is 2.40. The average molecular weight is 274 g/mol. The van der Waals surface area contributed by atoms with Gasteiger partial charge in [-0.2, -0.15) is 5.26 Å². The third-order valence-electron chi connectivity index (χ3n) is 3.79. The predicted molar refractivity (Wildman–Crippen MR) is 74.8 cm³/mol. The van der Waals surface area contributed by atoms with Gasteiger partial charge in [-0.05, 0) is 45.1 Å². The summed E-state index contributed by atoms with van der Waals surface area (Å²) < 4.78 is 0. The molecule has 0 aromatic carbocycles. The Kier molecular flexibility index (Phi) is 3.46. The number of nitrogens with one attached hydrogen (secondary N) is 1. The van der Waals surface area contributed by atoms with Gasteiger partial charge < -0.3 is 0 Å². The maximum Gasteiger partial charge on any atom is 0.187 e. The van der Waals surface area contributed by atoms with Gasteiger partial charge in [0.1, 0.15) is 5.54 Å². The molecule has 0 saturated heterocycles. The Morgan fingerprint density at radius 3 is 3.00 bits per heavy atom. The zero-order valence-electron chi connectivity index (χ0n) is 11.1. The quantitative estimate of drug-likeness (QED) is 0.854. The van der Waals surface area contributed by atoms with Crippen LogP contribution in [0, 0.1) is 18.3 Å². The molecule has 1 N–H and O–H groups in total. The molecule has 2 aliphatic carbocycles. The monoisotopic (exact) mass is 274 g/mol. The minimum Gasteiger partial charge on any atom is -0.297 e. The van der Waals surface area contributed by atoms with Crippen molar-refractivity contribution in [2.75, 3.05) is 0 Å². The first-order chi connectivity index (χ1) is 9.19. The molecular weight excluding hydrogens is 256 g/mol. The van der Waals surface area contributed by atoms with E-state index < -0.39 is 0 Å². The first-order valence-corrected chi connectivity index (χ1v) is 7.72. The molecule has 0 radical (unpaired) electrons. The fourth-order valence-electron chi connectivity index (χ4n) is 2.62. The van der Waals surface area contributed by atoms with Gasteiger partial charge in [-0.1, -0.05) is 11.8 Å². The fourth-order valence-corrected chi connectivity index (χ4v) is 3.84. The second kappa shape index (κ2) is 5.10. The van der Waals surface area contributed by atoms with Crippen LogP contribution in [-0.2, 0) is 0 Å². The predicted octanol–water partition coefficient (Wildman–Crippen LogP) is 2.44. The van der Waals surface area contributed by atoms with Crippen molar-refractivity contribution in [3.05, 3.63) is 18.0 Å². The smallest absolute Gasteiger partial charge is 0.187 e. The van der Waals surface area contributed by atoms with Crippen LogP contribution in [0.1, 0.15) is 37.8 Å². The summed E-state index contributed by atoms with van der Waals surface area (Å²) in [7, 11) is 0. The summed E-state index contributed by atoms with van der Waals surface area (Å²) in [6, 6.07) is 5.00. The Balaban J connectivity index is 1.63. The zero-order chi connectivity index (χ0) is 13.3. The van der Waals surface area contributed by atoms with E-state index in [4.69, 9.17) is 0 Å². The summed E-state index contributed by atoms with van der Waals surface area (Å²) in [6.07, 6.45) is 7.17. The van der Waals surface area contributed by atoms with E-state index in [9.17, 15) is 5.26 Å². The molecule has 1 heterocycles. The van der Waals surface area contributed by atoms with Crippen molar-refractivity contribution < 1.29 is 0 Å².